The SMILES string of the molecule is N#C/C(=C/c1ccc(OCc2ccccc2Cl)c(I)c1)C(=O)Nc1ccccc1F. The van der Waals surface area contributed by atoms with Crippen LogP contribution in [0.1, 0.15) is 11.1 Å². The molecule has 0 saturated carbocycles. The van der Waals surface area contributed by atoms with Crippen LogP contribution < -0.4 is 10.1 Å². The molecule has 7 heteroatoms. The van der Waals surface area contributed by atoms with Crippen LogP contribution in [-0.4, -0.2) is 5.91 Å². The van der Waals surface area contributed by atoms with Gasteiger partial charge < -0.3 is 10.1 Å². The summed E-state index contributed by atoms with van der Waals surface area (Å²) in [5.41, 5.74) is 1.39. The summed E-state index contributed by atoms with van der Waals surface area (Å²) in [5, 5.41) is 12.4. The van der Waals surface area contributed by atoms with Gasteiger partial charge in [-0.3, -0.25) is 4.79 Å². The Kier molecular flexibility index (Phi) is 7.44. The summed E-state index contributed by atoms with van der Waals surface area (Å²) in [6.07, 6.45) is 1.44. The summed E-state index contributed by atoms with van der Waals surface area (Å²) in [6.45, 7) is 0.319. The maximum absolute atomic E-state index is 13.7. The summed E-state index contributed by atoms with van der Waals surface area (Å²) in [4.78, 5) is 12.3. The van der Waals surface area contributed by atoms with Crippen molar-refractivity contribution < 1.29 is 13.9 Å². The van der Waals surface area contributed by atoms with Crippen molar-refractivity contribution in [2.45, 2.75) is 6.61 Å². The highest BCUT2D eigenvalue weighted by atomic mass is 127. The average Bonchev–Trinajstić information content (AvgIpc) is 2.74. The van der Waals surface area contributed by atoms with E-state index >= 15 is 0 Å². The molecule has 0 aliphatic rings. The summed E-state index contributed by atoms with van der Waals surface area (Å²) in [6, 6.07) is 20.3. The number of benzene rings is 3. The number of hydrogen-bond donors (Lipinski definition) is 1. The molecule has 0 aromatic heterocycles. The second-order valence-corrected chi connectivity index (χ2v) is 7.74. The lowest BCUT2D eigenvalue weighted by Gasteiger charge is -2.10. The van der Waals surface area contributed by atoms with Gasteiger partial charge in [-0.15, -0.1) is 0 Å². The monoisotopic (exact) mass is 532 g/mol. The lowest BCUT2D eigenvalue weighted by atomic mass is 10.1. The minimum atomic E-state index is -0.684. The fraction of sp³-hybridized carbons (Fsp3) is 0.0435. The first kappa shape index (κ1) is 21.8. The van der Waals surface area contributed by atoms with Crippen LogP contribution in [0.5, 0.6) is 5.75 Å². The lowest BCUT2D eigenvalue weighted by Crippen LogP contribution is -2.14. The number of nitrogens with one attached hydrogen (secondary N) is 1. The maximum Gasteiger partial charge on any atom is 0.266 e. The smallest absolute Gasteiger partial charge is 0.266 e. The molecule has 0 bridgehead atoms. The quantitative estimate of drug-likeness (QED) is 0.233. The van der Waals surface area contributed by atoms with Gasteiger partial charge in [-0.25, -0.2) is 4.39 Å². The van der Waals surface area contributed by atoms with Crippen LogP contribution in [0.25, 0.3) is 6.08 Å². The van der Waals surface area contributed by atoms with Crippen molar-refractivity contribution in [3.63, 3.8) is 0 Å². The fourth-order valence-electron chi connectivity index (χ4n) is 2.56. The molecule has 3 aromatic rings. The summed E-state index contributed by atoms with van der Waals surface area (Å²) < 4.78 is 20.4. The Hall–Kier alpha value is -2.89. The third-order valence-corrected chi connectivity index (χ3v) is 5.31. The first-order chi connectivity index (χ1) is 14.5. The molecule has 1 amide bonds. The zero-order valence-electron chi connectivity index (χ0n) is 15.5. The van der Waals surface area contributed by atoms with E-state index in [-0.39, 0.29) is 11.3 Å². The largest absolute Gasteiger partial charge is 0.488 e. The van der Waals surface area contributed by atoms with E-state index < -0.39 is 11.7 Å². The van der Waals surface area contributed by atoms with Crippen LogP contribution in [0.2, 0.25) is 5.02 Å². The number of rotatable bonds is 6. The van der Waals surface area contributed by atoms with Crippen LogP contribution in [0.15, 0.2) is 72.3 Å². The molecule has 0 aliphatic heterocycles. The van der Waals surface area contributed by atoms with Gasteiger partial charge in [-0.1, -0.05) is 48.0 Å². The number of nitriles is 1. The van der Waals surface area contributed by atoms with Crippen LogP contribution in [0, 0.1) is 20.7 Å². The topological polar surface area (TPSA) is 62.1 Å². The third kappa shape index (κ3) is 5.59. The number of carbonyl (C=O) groups is 1. The van der Waals surface area contributed by atoms with Gasteiger partial charge in [0.25, 0.3) is 5.91 Å². The van der Waals surface area contributed by atoms with E-state index in [0.717, 1.165) is 9.13 Å². The molecule has 0 saturated heterocycles. The predicted molar refractivity (Wildman–Crippen MR) is 124 cm³/mol. The van der Waals surface area contributed by atoms with Gasteiger partial charge in [-0.05, 0) is 64.6 Å². The molecule has 0 heterocycles. The van der Waals surface area contributed by atoms with E-state index in [9.17, 15) is 14.4 Å². The number of carbonyl (C=O) groups excluding carboxylic acids is 1. The van der Waals surface area contributed by atoms with E-state index in [1.807, 2.05) is 24.3 Å². The lowest BCUT2D eigenvalue weighted by molar-refractivity contribution is -0.112. The molecular formula is C23H15ClFIN2O2. The van der Waals surface area contributed by atoms with Crippen LogP contribution in [-0.2, 0) is 11.4 Å². The van der Waals surface area contributed by atoms with E-state index in [2.05, 4.69) is 27.9 Å². The minimum Gasteiger partial charge on any atom is -0.488 e. The molecule has 0 radical (unpaired) electrons. The molecule has 0 unspecified atom stereocenters. The molecule has 1 N–H and O–H groups in total. The molecule has 0 atom stereocenters. The molecule has 0 fully saturated rings. The predicted octanol–water partition coefficient (Wildman–Crippen LogP) is 6.21. The van der Waals surface area contributed by atoms with E-state index in [1.165, 1.54) is 24.3 Å². The van der Waals surface area contributed by atoms with Crippen LogP contribution in [0.3, 0.4) is 0 Å². The van der Waals surface area contributed by atoms with Gasteiger partial charge in [-0.2, -0.15) is 5.26 Å². The number of hydrogen-bond acceptors (Lipinski definition) is 3. The van der Waals surface area contributed by atoms with Crippen molar-refractivity contribution in [2.24, 2.45) is 0 Å². The summed E-state index contributed by atoms with van der Waals surface area (Å²) >= 11 is 8.26. The second-order valence-electron chi connectivity index (χ2n) is 6.17. The Bertz CT molecular complexity index is 1160. The Balaban J connectivity index is 1.73. The average molecular weight is 533 g/mol. The molecule has 4 nitrogen and oxygen atoms in total. The highest BCUT2D eigenvalue weighted by molar-refractivity contribution is 14.1. The number of ether oxygens (including phenoxy) is 1. The zero-order chi connectivity index (χ0) is 21.5. The summed E-state index contributed by atoms with van der Waals surface area (Å²) in [5.74, 6) is -0.601. The first-order valence-corrected chi connectivity index (χ1v) is 10.3. The van der Waals surface area contributed by atoms with Crippen LogP contribution >= 0.6 is 34.2 Å². The van der Waals surface area contributed by atoms with Gasteiger partial charge in [0.15, 0.2) is 0 Å². The standard InChI is InChI=1S/C23H15ClFIN2O2/c24-18-6-2-1-5-16(18)14-30-22-10-9-15(12-20(22)26)11-17(13-27)23(29)28-21-8-4-3-7-19(21)25/h1-12H,14H2,(H,28,29)/b17-11-. The van der Waals surface area contributed by atoms with Crippen molar-refractivity contribution in [1.82, 2.24) is 0 Å². The second kappa shape index (κ2) is 10.2. The number of para-hydroxylation sites is 1. The minimum absolute atomic E-state index is 0.0153. The van der Waals surface area contributed by atoms with Crippen molar-refractivity contribution in [3.05, 3.63) is 97.8 Å². The Morgan fingerprint density at radius 3 is 2.60 bits per heavy atom. The Morgan fingerprint density at radius 2 is 1.90 bits per heavy atom. The number of anilines is 1. The molecular weight excluding hydrogens is 518 g/mol. The fourth-order valence-corrected chi connectivity index (χ4v) is 3.45. The molecule has 3 rings (SSSR count). The normalized spacial score (nSPS) is 10.9. The highest BCUT2D eigenvalue weighted by Crippen LogP contribution is 2.26. The molecule has 0 spiro atoms. The molecule has 0 aliphatic carbocycles. The first-order valence-electron chi connectivity index (χ1n) is 8.81. The number of amides is 1. The van der Waals surface area contributed by atoms with E-state index in [0.29, 0.717) is 22.9 Å². The number of halogens is 3. The van der Waals surface area contributed by atoms with Gasteiger partial charge in [0.05, 0.1) is 9.26 Å². The van der Waals surface area contributed by atoms with Gasteiger partial charge in [0.2, 0.25) is 0 Å². The van der Waals surface area contributed by atoms with Crippen molar-refractivity contribution in [3.8, 4) is 11.8 Å². The maximum atomic E-state index is 13.7. The van der Waals surface area contributed by atoms with Crippen molar-refractivity contribution in [1.29, 1.82) is 5.26 Å². The Labute approximate surface area is 192 Å². The van der Waals surface area contributed by atoms with Crippen LogP contribution in [0.4, 0.5) is 10.1 Å². The third-order valence-electron chi connectivity index (χ3n) is 4.10. The highest BCUT2D eigenvalue weighted by Gasteiger charge is 2.12. The molecule has 30 heavy (non-hydrogen) atoms. The number of nitrogens with zero attached hydrogens (tertiary/aromatic N) is 1. The zero-order valence-corrected chi connectivity index (χ0v) is 18.4. The van der Waals surface area contributed by atoms with E-state index in [4.69, 9.17) is 16.3 Å². The van der Waals surface area contributed by atoms with Crippen molar-refractivity contribution in [2.75, 3.05) is 5.32 Å². The Morgan fingerprint density at radius 1 is 1.17 bits per heavy atom. The van der Waals surface area contributed by atoms with E-state index in [1.54, 1.807) is 30.3 Å². The van der Waals surface area contributed by atoms with Gasteiger partial charge in [0, 0.05) is 10.6 Å². The van der Waals surface area contributed by atoms with Crippen molar-refractivity contribution >= 4 is 51.9 Å². The molecule has 150 valence electrons. The van der Waals surface area contributed by atoms with Gasteiger partial charge in [0.1, 0.15) is 29.8 Å². The molecule has 3 aromatic carbocycles. The van der Waals surface area contributed by atoms with Gasteiger partial charge >= 0.3 is 0 Å². The summed E-state index contributed by atoms with van der Waals surface area (Å²) in [7, 11) is 0.